The van der Waals surface area contributed by atoms with Gasteiger partial charge in [-0.1, -0.05) is 30.3 Å². The minimum atomic E-state index is -0.306. The number of nitrogens with one attached hydrogen (secondary N) is 1. The van der Waals surface area contributed by atoms with Crippen molar-refractivity contribution in [2.24, 2.45) is 0 Å². The van der Waals surface area contributed by atoms with Crippen LogP contribution >= 0.6 is 0 Å². The molecule has 1 aliphatic heterocycles. The summed E-state index contributed by atoms with van der Waals surface area (Å²) in [7, 11) is 0. The molecule has 8 nitrogen and oxygen atoms in total. The number of para-hydroxylation sites is 1. The van der Waals surface area contributed by atoms with E-state index >= 15 is 0 Å². The summed E-state index contributed by atoms with van der Waals surface area (Å²) in [6.45, 7) is 5.93. The van der Waals surface area contributed by atoms with E-state index in [0.717, 1.165) is 16.5 Å². The van der Waals surface area contributed by atoms with Gasteiger partial charge in [-0.15, -0.1) is 0 Å². The Kier molecular flexibility index (Phi) is 6.10. The molecule has 0 fully saturated rings. The molecule has 35 heavy (non-hydrogen) atoms. The van der Waals surface area contributed by atoms with Crippen LogP contribution in [0.15, 0.2) is 66.7 Å². The van der Waals surface area contributed by atoms with Crippen LogP contribution < -0.4 is 14.8 Å². The topological polar surface area (TPSA) is 85.7 Å². The third-order valence-corrected chi connectivity index (χ3v) is 6.09. The molecule has 0 atom stereocenters. The highest BCUT2D eigenvalue weighted by molar-refractivity contribution is 6.11. The van der Waals surface area contributed by atoms with Gasteiger partial charge in [0, 0.05) is 35.8 Å². The second kappa shape index (κ2) is 9.50. The highest BCUT2D eigenvalue weighted by atomic mass is 16.7. The molecule has 1 aliphatic rings. The Morgan fingerprint density at radius 3 is 2.49 bits per heavy atom. The van der Waals surface area contributed by atoms with E-state index in [1.54, 1.807) is 23.1 Å². The van der Waals surface area contributed by atoms with Crippen LogP contribution in [-0.4, -0.2) is 46.4 Å². The number of fused-ring (bicyclic) bond motifs is 2. The number of nitrogens with zero attached hydrogens (tertiary/aromatic N) is 3. The zero-order valence-electron chi connectivity index (χ0n) is 19.7. The lowest BCUT2D eigenvalue weighted by atomic mass is 10.1. The second-order valence-electron chi connectivity index (χ2n) is 8.22. The predicted molar refractivity (Wildman–Crippen MR) is 133 cm³/mol. The first kappa shape index (κ1) is 22.5. The van der Waals surface area contributed by atoms with E-state index in [2.05, 4.69) is 10.4 Å². The molecule has 0 radical (unpaired) electrons. The Morgan fingerprint density at radius 2 is 1.71 bits per heavy atom. The van der Waals surface area contributed by atoms with Gasteiger partial charge < -0.3 is 19.7 Å². The summed E-state index contributed by atoms with van der Waals surface area (Å²) in [6, 6.07) is 20.5. The van der Waals surface area contributed by atoms with Gasteiger partial charge in [-0.25, -0.2) is 0 Å². The first-order valence-electron chi connectivity index (χ1n) is 11.6. The lowest BCUT2D eigenvalue weighted by Gasteiger charge is -2.18. The molecule has 178 valence electrons. The normalized spacial score (nSPS) is 12.1. The minimum Gasteiger partial charge on any atom is -0.454 e. The average molecular weight is 471 g/mol. The van der Waals surface area contributed by atoms with Crippen molar-refractivity contribution in [1.29, 1.82) is 0 Å². The summed E-state index contributed by atoms with van der Waals surface area (Å²) in [4.78, 5) is 27.5. The third-order valence-electron chi connectivity index (χ3n) is 6.09. The standard InChI is InChI=1S/C27H26N4O4/c1-3-30(4-2)27(33)19-11-9-18(10-12-19)16-31-22-8-6-5-7-21(22)25(29-31)26(32)28-20-13-14-23-24(15-20)35-17-34-23/h5-15H,3-4,16-17H2,1-2H3,(H,28,32). The van der Waals surface area contributed by atoms with E-state index in [4.69, 9.17) is 9.47 Å². The summed E-state index contributed by atoms with van der Waals surface area (Å²) in [5.41, 5.74) is 3.44. The van der Waals surface area contributed by atoms with Gasteiger partial charge >= 0.3 is 0 Å². The van der Waals surface area contributed by atoms with Crippen molar-refractivity contribution >= 4 is 28.4 Å². The number of hydrogen-bond acceptors (Lipinski definition) is 5. The van der Waals surface area contributed by atoms with Crippen molar-refractivity contribution in [2.75, 3.05) is 25.2 Å². The smallest absolute Gasteiger partial charge is 0.276 e. The van der Waals surface area contributed by atoms with Gasteiger partial charge in [-0.2, -0.15) is 5.10 Å². The molecule has 0 aliphatic carbocycles. The van der Waals surface area contributed by atoms with Crippen molar-refractivity contribution < 1.29 is 19.1 Å². The first-order valence-corrected chi connectivity index (χ1v) is 11.6. The van der Waals surface area contributed by atoms with Gasteiger partial charge in [0.1, 0.15) is 0 Å². The molecule has 0 unspecified atom stereocenters. The van der Waals surface area contributed by atoms with Gasteiger partial charge in [-0.3, -0.25) is 14.3 Å². The number of carbonyl (C=O) groups is 2. The second-order valence-corrected chi connectivity index (χ2v) is 8.22. The molecule has 2 amide bonds. The first-order chi connectivity index (χ1) is 17.1. The number of benzene rings is 3. The molecule has 0 bridgehead atoms. The molecule has 1 aromatic heterocycles. The van der Waals surface area contributed by atoms with E-state index in [1.165, 1.54) is 0 Å². The zero-order chi connectivity index (χ0) is 24.4. The lowest BCUT2D eigenvalue weighted by molar-refractivity contribution is 0.0772. The Morgan fingerprint density at radius 1 is 0.971 bits per heavy atom. The third kappa shape index (κ3) is 4.42. The van der Waals surface area contributed by atoms with Crippen LogP contribution in [0.1, 0.15) is 40.3 Å². The molecule has 4 aromatic rings. The number of aromatic nitrogens is 2. The highest BCUT2D eigenvalue weighted by Gasteiger charge is 2.20. The predicted octanol–water partition coefficient (Wildman–Crippen LogP) is 4.55. The van der Waals surface area contributed by atoms with Gasteiger partial charge in [0.05, 0.1) is 12.1 Å². The van der Waals surface area contributed by atoms with Crippen LogP contribution in [-0.2, 0) is 6.54 Å². The summed E-state index contributed by atoms with van der Waals surface area (Å²) >= 11 is 0. The maximum absolute atomic E-state index is 13.1. The fourth-order valence-electron chi connectivity index (χ4n) is 4.20. The molecule has 2 heterocycles. The van der Waals surface area contributed by atoms with Gasteiger partial charge in [0.25, 0.3) is 11.8 Å². The van der Waals surface area contributed by atoms with Gasteiger partial charge in [0.2, 0.25) is 6.79 Å². The number of carbonyl (C=O) groups excluding carboxylic acids is 2. The van der Waals surface area contributed by atoms with Crippen molar-refractivity contribution in [3.8, 4) is 11.5 Å². The quantitative estimate of drug-likeness (QED) is 0.428. The Hall–Kier alpha value is -4.33. The van der Waals surface area contributed by atoms with Crippen molar-refractivity contribution in [3.05, 3.63) is 83.6 Å². The molecule has 0 saturated heterocycles. The van der Waals surface area contributed by atoms with Crippen molar-refractivity contribution in [3.63, 3.8) is 0 Å². The summed E-state index contributed by atoms with van der Waals surface area (Å²) in [5, 5.41) is 8.31. The van der Waals surface area contributed by atoms with Crippen LogP contribution in [0.4, 0.5) is 5.69 Å². The Bertz CT molecular complexity index is 1390. The summed E-state index contributed by atoms with van der Waals surface area (Å²) in [6.07, 6.45) is 0. The minimum absolute atomic E-state index is 0.0218. The fourth-order valence-corrected chi connectivity index (χ4v) is 4.20. The van der Waals surface area contributed by atoms with Crippen molar-refractivity contribution in [1.82, 2.24) is 14.7 Å². The lowest BCUT2D eigenvalue weighted by Crippen LogP contribution is -2.30. The fraction of sp³-hybridized carbons (Fsp3) is 0.222. The monoisotopic (exact) mass is 470 g/mol. The van der Waals surface area contributed by atoms with Gasteiger partial charge in [0.15, 0.2) is 17.2 Å². The highest BCUT2D eigenvalue weighted by Crippen LogP contribution is 2.34. The maximum atomic E-state index is 13.1. The molecule has 5 rings (SSSR count). The van der Waals surface area contributed by atoms with Crippen LogP contribution in [0.5, 0.6) is 11.5 Å². The molecule has 3 aromatic carbocycles. The van der Waals surface area contributed by atoms with E-state index in [0.29, 0.717) is 48.1 Å². The number of rotatable bonds is 7. The Labute approximate surface area is 203 Å². The molecule has 0 spiro atoms. The van der Waals surface area contributed by atoms with Gasteiger partial charge in [-0.05, 0) is 49.7 Å². The molecule has 0 saturated carbocycles. The zero-order valence-corrected chi connectivity index (χ0v) is 19.7. The Balaban J connectivity index is 1.38. The molecular weight excluding hydrogens is 444 g/mol. The number of amides is 2. The largest absolute Gasteiger partial charge is 0.454 e. The van der Waals surface area contributed by atoms with Crippen LogP contribution in [0.25, 0.3) is 10.9 Å². The maximum Gasteiger partial charge on any atom is 0.276 e. The van der Waals surface area contributed by atoms with Crippen LogP contribution in [0, 0.1) is 0 Å². The summed E-state index contributed by atoms with van der Waals surface area (Å²) in [5.74, 6) is 0.969. The average Bonchev–Trinajstić information content (AvgIpc) is 3.50. The number of anilines is 1. The van der Waals surface area contributed by atoms with E-state index in [-0.39, 0.29) is 18.6 Å². The van der Waals surface area contributed by atoms with E-state index in [9.17, 15) is 9.59 Å². The van der Waals surface area contributed by atoms with Crippen LogP contribution in [0.3, 0.4) is 0 Å². The molecular formula is C27H26N4O4. The summed E-state index contributed by atoms with van der Waals surface area (Å²) < 4.78 is 12.5. The molecule has 8 heteroatoms. The SMILES string of the molecule is CCN(CC)C(=O)c1ccc(Cn2nc(C(=O)Nc3ccc4c(c3)OCO4)c3ccccc32)cc1. The van der Waals surface area contributed by atoms with E-state index < -0.39 is 0 Å². The van der Waals surface area contributed by atoms with Crippen molar-refractivity contribution in [2.45, 2.75) is 20.4 Å². The van der Waals surface area contributed by atoms with Crippen LogP contribution in [0.2, 0.25) is 0 Å². The van der Waals surface area contributed by atoms with E-state index in [1.807, 2.05) is 67.1 Å². The number of ether oxygens (including phenoxy) is 2. The number of hydrogen-bond donors (Lipinski definition) is 1. The molecule has 1 N–H and O–H groups in total.